The van der Waals surface area contributed by atoms with Crippen molar-refractivity contribution in [1.29, 1.82) is 0 Å². The van der Waals surface area contributed by atoms with E-state index in [4.69, 9.17) is 4.74 Å². The number of carbonyl (C=O) groups excluding carboxylic acids is 2. The molecule has 0 bridgehead atoms. The lowest BCUT2D eigenvalue weighted by Gasteiger charge is -2.17. The van der Waals surface area contributed by atoms with Crippen LogP contribution in [0.3, 0.4) is 0 Å². The fourth-order valence-corrected chi connectivity index (χ4v) is 1.85. The Bertz CT molecular complexity index is 556. The highest BCUT2D eigenvalue weighted by molar-refractivity contribution is 5.96. The lowest BCUT2D eigenvalue weighted by Crippen LogP contribution is -2.30. The van der Waals surface area contributed by atoms with Crippen LogP contribution >= 0.6 is 0 Å². The predicted octanol–water partition coefficient (Wildman–Crippen LogP) is 1.93. The molecule has 0 unspecified atom stereocenters. The lowest BCUT2D eigenvalue weighted by molar-refractivity contribution is -0.385. The number of ether oxygens (including phenoxy) is 1. The molecule has 0 aliphatic heterocycles. The van der Waals surface area contributed by atoms with Gasteiger partial charge >= 0.3 is 5.97 Å². The molecule has 21 heavy (non-hydrogen) atoms. The van der Waals surface area contributed by atoms with Crippen molar-refractivity contribution in [3.8, 4) is 0 Å². The van der Waals surface area contributed by atoms with Crippen LogP contribution < -0.4 is 0 Å². The monoisotopic (exact) mass is 294 g/mol. The molecule has 114 valence electrons. The molecule has 0 N–H and O–H groups in total. The maximum Gasteiger partial charge on any atom is 0.307 e. The van der Waals surface area contributed by atoms with Gasteiger partial charge < -0.3 is 9.64 Å². The Balaban J connectivity index is 2.81. The Kier molecular flexibility index (Phi) is 5.83. The predicted molar refractivity (Wildman–Crippen MR) is 76.0 cm³/mol. The largest absolute Gasteiger partial charge is 0.466 e. The number of nitrogens with zero attached hydrogens (tertiary/aromatic N) is 2. The molecule has 0 aliphatic rings. The van der Waals surface area contributed by atoms with E-state index < -0.39 is 4.92 Å². The molecule has 7 nitrogen and oxygen atoms in total. The number of hydrogen-bond donors (Lipinski definition) is 0. The van der Waals surface area contributed by atoms with Gasteiger partial charge in [0.05, 0.1) is 18.0 Å². The quantitative estimate of drug-likeness (QED) is 0.454. The molecule has 0 aromatic heterocycles. The number of nitro groups is 1. The van der Waals surface area contributed by atoms with Crippen molar-refractivity contribution in [1.82, 2.24) is 4.90 Å². The minimum Gasteiger partial charge on any atom is -0.466 e. The van der Waals surface area contributed by atoms with E-state index in [0.29, 0.717) is 12.2 Å². The average molecular weight is 294 g/mol. The van der Waals surface area contributed by atoms with Crippen molar-refractivity contribution in [2.75, 3.05) is 20.2 Å². The minimum absolute atomic E-state index is 0.0874. The molecule has 7 heteroatoms. The Labute approximate surface area is 122 Å². The number of esters is 1. The highest BCUT2D eigenvalue weighted by atomic mass is 16.6. The van der Waals surface area contributed by atoms with Crippen LogP contribution in [0.5, 0.6) is 0 Å². The molecule has 1 aromatic carbocycles. The van der Waals surface area contributed by atoms with Gasteiger partial charge in [-0.2, -0.15) is 0 Å². The molecule has 0 atom stereocenters. The van der Waals surface area contributed by atoms with Gasteiger partial charge in [0.2, 0.25) is 0 Å². The van der Waals surface area contributed by atoms with Crippen molar-refractivity contribution < 1.29 is 19.2 Å². The molecule has 0 fully saturated rings. The van der Waals surface area contributed by atoms with Gasteiger partial charge in [-0.3, -0.25) is 19.7 Å². The van der Waals surface area contributed by atoms with Gasteiger partial charge in [0.25, 0.3) is 11.6 Å². The van der Waals surface area contributed by atoms with Crippen LogP contribution in [0.15, 0.2) is 18.2 Å². The molecule has 1 aromatic rings. The molecule has 0 heterocycles. The number of carbonyl (C=O) groups is 2. The smallest absolute Gasteiger partial charge is 0.307 e. The van der Waals surface area contributed by atoms with E-state index in [1.54, 1.807) is 14.0 Å². The Morgan fingerprint density at radius 3 is 2.62 bits per heavy atom. The Hall–Kier alpha value is -2.44. The summed E-state index contributed by atoms with van der Waals surface area (Å²) in [5.41, 5.74) is 0.477. The lowest BCUT2D eigenvalue weighted by atomic mass is 10.1. The summed E-state index contributed by atoms with van der Waals surface area (Å²) in [5.74, 6) is -0.742. The SMILES string of the molecule is CCOC(=O)CCN(C)C(=O)c1cccc([N+](=O)[O-])c1C. The van der Waals surface area contributed by atoms with Crippen LogP contribution in [-0.2, 0) is 9.53 Å². The van der Waals surface area contributed by atoms with Crippen molar-refractivity contribution in [2.45, 2.75) is 20.3 Å². The number of nitro benzene ring substituents is 1. The molecule has 1 amide bonds. The van der Waals surface area contributed by atoms with E-state index >= 15 is 0 Å². The Morgan fingerprint density at radius 2 is 2.05 bits per heavy atom. The van der Waals surface area contributed by atoms with Crippen molar-refractivity contribution in [3.63, 3.8) is 0 Å². The summed E-state index contributed by atoms with van der Waals surface area (Å²) >= 11 is 0. The zero-order valence-corrected chi connectivity index (χ0v) is 12.3. The number of rotatable bonds is 6. The zero-order chi connectivity index (χ0) is 16.0. The number of benzene rings is 1. The molecule has 0 radical (unpaired) electrons. The molecular weight excluding hydrogens is 276 g/mol. The maximum absolute atomic E-state index is 12.3. The molecule has 0 aliphatic carbocycles. The van der Waals surface area contributed by atoms with Crippen molar-refractivity contribution in [3.05, 3.63) is 39.4 Å². The second-order valence-corrected chi connectivity index (χ2v) is 4.49. The number of amides is 1. The Morgan fingerprint density at radius 1 is 1.38 bits per heavy atom. The molecule has 0 saturated carbocycles. The fourth-order valence-electron chi connectivity index (χ4n) is 1.85. The minimum atomic E-state index is -0.523. The second kappa shape index (κ2) is 7.37. The zero-order valence-electron chi connectivity index (χ0n) is 12.3. The first-order valence-corrected chi connectivity index (χ1v) is 6.53. The topological polar surface area (TPSA) is 89.8 Å². The summed E-state index contributed by atoms with van der Waals surface area (Å²) in [6.45, 7) is 3.73. The molecular formula is C14H18N2O5. The summed E-state index contributed by atoms with van der Waals surface area (Å²) in [7, 11) is 1.54. The first kappa shape index (κ1) is 16.6. The third-order valence-corrected chi connectivity index (χ3v) is 3.04. The normalized spacial score (nSPS) is 10.0. The van der Waals surface area contributed by atoms with E-state index in [1.807, 2.05) is 0 Å². The number of hydrogen-bond acceptors (Lipinski definition) is 5. The highest BCUT2D eigenvalue weighted by Gasteiger charge is 2.20. The summed E-state index contributed by atoms with van der Waals surface area (Å²) in [4.78, 5) is 35.2. The van der Waals surface area contributed by atoms with E-state index in [0.717, 1.165) is 0 Å². The third kappa shape index (κ3) is 4.27. The van der Waals surface area contributed by atoms with Gasteiger partial charge in [0, 0.05) is 30.8 Å². The van der Waals surface area contributed by atoms with Crippen molar-refractivity contribution >= 4 is 17.6 Å². The average Bonchev–Trinajstić information content (AvgIpc) is 2.44. The van der Waals surface area contributed by atoms with Gasteiger partial charge in [-0.15, -0.1) is 0 Å². The van der Waals surface area contributed by atoms with E-state index in [2.05, 4.69) is 0 Å². The van der Waals surface area contributed by atoms with Crippen LogP contribution in [0.4, 0.5) is 5.69 Å². The maximum atomic E-state index is 12.3. The van der Waals surface area contributed by atoms with Gasteiger partial charge in [-0.1, -0.05) is 6.07 Å². The second-order valence-electron chi connectivity index (χ2n) is 4.49. The van der Waals surface area contributed by atoms with Gasteiger partial charge in [-0.25, -0.2) is 0 Å². The standard InChI is InChI=1S/C14H18N2O5/c1-4-21-13(17)8-9-15(3)14(18)11-6-5-7-12(10(11)2)16(19)20/h5-7H,4,8-9H2,1-3H3. The van der Waals surface area contributed by atoms with Crippen LogP contribution in [0.25, 0.3) is 0 Å². The van der Waals surface area contributed by atoms with Crippen molar-refractivity contribution in [2.24, 2.45) is 0 Å². The van der Waals surface area contributed by atoms with E-state index in [1.165, 1.54) is 30.0 Å². The van der Waals surface area contributed by atoms with E-state index in [-0.39, 0.29) is 36.1 Å². The van der Waals surface area contributed by atoms with E-state index in [9.17, 15) is 19.7 Å². The van der Waals surface area contributed by atoms with Gasteiger partial charge in [-0.05, 0) is 19.9 Å². The van der Waals surface area contributed by atoms with Crippen LogP contribution in [-0.4, -0.2) is 41.9 Å². The summed E-state index contributed by atoms with van der Waals surface area (Å²) < 4.78 is 4.79. The molecule has 0 spiro atoms. The van der Waals surface area contributed by atoms with Crippen LogP contribution in [0.2, 0.25) is 0 Å². The van der Waals surface area contributed by atoms with Gasteiger partial charge in [0.1, 0.15) is 0 Å². The summed E-state index contributed by atoms with van der Waals surface area (Å²) in [5, 5.41) is 10.9. The summed E-state index contributed by atoms with van der Waals surface area (Å²) in [6, 6.07) is 4.35. The fraction of sp³-hybridized carbons (Fsp3) is 0.429. The van der Waals surface area contributed by atoms with Crippen LogP contribution in [0.1, 0.15) is 29.3 Å². The first-order chi connectivity index (χ1) is 9.88. The summed E-state index contributed by atoms with van der Waals surface area (Å²) in [6.07, 6.45) is 0.0874. The van der Waals surface area contributed by atoms with Crippen LogP contribution in [0, 0.1) is 17.0 Å². The first-order valence-electron chi connectivity index (χ1n) is 6.53. The highest BCUT2D eigenvalue weighted by Crippen LogP contribution is 2.22. The molecule has 1 rings (SSSR count). The van der Waals surface area contributed by atoms with Gasteiger partial charge in [0.15, 0.2) is 0 Å². The third-order valence-electron chi connectivity index (χ3n) is 3.04. The molecule has 0 saturated heterocycles.